The van der Waals surface area contributed by atoms with Gasteiger partial charge in [-0.3, -0.25) is 0 Å². The zero-order valence-electron chi connectivity index (χ0n) is 9.03. The summed E-state index contributed by atoms with van der Waals surface area (Å²) in [5.74, 6) is -1.37. The van der Waals surface area contributed by atoms with E-state index in [4.69, 9.17) is 9.84 Å². The summed E-state index contributed by atoms with van der Waals surface area (Å²) in [4.78, 5) is 10.4. The van der Waals surface area contributed by atoms with Gasteiger partial charge in [-0.25, -0.2) is 4.79 Å². The smallest absolute Gasteiger partial charge is 0.489 e. The number of ether oxygens (including phenoxy) is 2. The lowest BCUT2D eigenvalue weighted by Gasteiger charge is -2.10. The van der Waals surface area contributed by atoms with E-state index < -0.39 is 12.3 Å². The van der Waals surface area contributed by atoms with Crippen LogP contribution in [0, 0.1) is 0 Å². The average Bonchev–Trinajstić information content (AvgIpc) is 2.25. The second-order valence-corrected chi connectivity index (χ2v) is 3.22. The first-order valence-corrected chi connectivity index (χ1v) is 4.67. The van der Waals surface area contributed by atoms with Crippen molar-refractivity contribution in [1.29, 1.82) is 0 Å². The highest BCUT2D eigenvalue weighted by atomic mass is 19.4. The van der Waals surface area contributed by atoms with Crippen LogP contribution in [0.5, 0.6) is 11.5 Å². The fraction of sp³-hybridized carbons (Fsp3) is 0.182. The average molecular weight is 262 g/mol. The van der Waals surface area contributed by atoms with Crippen molar-refractivity contribution in [3.05, 3.63) is 36.4 Å². The summed E-state index contributed by atoms with van der Waals surface area (Å²) in [5.41, 5.74) is -0.161. The third-order valence-electron chi connectivity index (χ3n) is 1.77. The molecule has 1 N–H and O–H groups in total. The molecule has 0 atom stereocenters. The molecule has 0 amide bonds. The second-order valence-electron chi connectivity index (χ2n) is 3.22. The maximum absolute atomic E-state index is 11.9. The molecule has 1 aromatic carbocycles. The summed E-state index contributed by atoms with van der Waals surface area (Å²) in [6, 6.07) is 4.59. The second kappa shape index (κ2) is 5.44. The third-order valence-corrected chi connectivity index (χ3v) is 1.77. The minimum absolute atomic E-state index is 0.161. The SMILES string of the molecule is C=C(COc1ccc(OC(F)(F)F)cc1)C(=O)O. The van der Waals surface area contributed by atoms with Crippen molar-refractivity contribution < 1.29 is 32.5 Å². The number of carboxylic acid groups (broad SMARTS) is 1. The Morgan fingerprint density at radius 1 is 1.22 bits per heavy atom. The van der Waals surface area contributed by atoms with Gasteiger partial charge in [0.2, 0.25) is 0 Å². The lowest BCUT2D eigenvalue weighted by Crippen LogP contribution is -2.17. The molecule has 0 spiro atoms. The van der Waals surface area contributed by atoms with Gasteiger partial charge in [-0.1, -0.05) is 6.58 Å². The summed E-state index contributed by atoms with van der Waals surface area (Å²) < 4.78 is 44.2. The molecule has 0 saturated carbocycles. The highest BCUT2D eigenvalue weighted by molar-refractivity contribution is 5.86. The van der Waals surface area contributed by atoms with E-state index in [1.807, 2.05) is 0 Å². The molecule has 0 fully saturated rings. The predicted molar refractivity (Wildman–Crippen MR) is 55.4 cm³/mol. The van der Waals surface area contributed by atoms with Gasteiger partial charge in [0.15, 0.2) is 0 Å². The first-order chi connectivity index (χ1) is 8.28. The molecule has 4 nitrogen and oxygen atoms in total. The zero-order chi connectivity index (χ0) is 13.8. The Morgan fingerprint density at radius 2 is 1.72 bits per heavy atom. The molecule has 7 heteroatoms. The van der Waals surface area contributed by atoms with E-state index in [0.29, 0.717) is 0 Å². The van der Waals surface area contributed by atoms with E-state index in [0.717, 1.165) is 12.1 Å². The lowest BCUT2D eigenvalue weighted by molar-refractivity contribution is -0.274. The summed E-state index contributed by atoms with van der Waals surface area (Å²) in [7, 11) is 0. The molecule has 1 rings (SSSR count). The van der Waals surface area contributed by atoms with Gasteiger partial charge in [-0.2, -0.15) is 0 Å². The van der Waals surface area contributed by atoms with Gasteiger partial charge in [0.05, 0.1) is 5.57 Å². The highest BCUT2D eigenvalue weighted by Crippen LogP contribution is 2.24. The normalized spacial score (nSPS) is 10.8. The van der Waals surface area contributed by atoms with Crippen LogP contribution >= 0.6 is 0 Å². The van der Waals surface area contributed by atoms with Crippen LogP contribution in [0.15, 0.2) is 36.4 Å². The molecule has 0 aromatic heterocycles. The van der Waals surface area contributed by atoms with Crippen LogP contribution < -0.4 is 9.47 Å². The van der Waals surface area contributed by atoms with Gasteiger partial charge < -0.3 is 14.6 Å². The van der Waals surface area contributed by atoms with Crippen LogP contribution in [0.3, 0.4) is 0 Å². The van der Waals surface area contributed by atoms with Crippen LogP contribution in [0.2, 0.25) is 0 Å². The molecule has 0 heterocycles. The first kappa shape index (κ1) is 13.9. The fourth-order valence-corrected chi connectivity index (χ4v) is 0.970. The standard InChI is InChI=1S/C11H9F3O4/c1-7(10(15)16)6-17-8-2-4-9(5-3-8)18-11(12,13)14/h2-5H,1,6H2,(H,15,16). The minimum atomic E-state index is -4.75. The first-order valence-electron chi connectivity index (χ1n) is 4.67. The maximum atomic E-state index is 11.9. The Bertz CT molecular complexity index is 437. The van der Waals surface area contributed by atoms with Gasteiger partial charge in [0.25, 0.3) is 0 Å². The number of carboxylic acids is 1. The molecular weight excluding hydrogens is 253 g/mol. The van der Waals surface area contributed by atoms with E-state index in [1.54, 1.807) is 0 Å². The molecule has 0 bridgehead atoms. The third kappa shape index (κ3) is 4.77. The Hall–Kier alpha value is -2.18. The Kier molecular flexibility index (Phi) is 4.19. The molecule has 0 unspecified atom stereocenters. The molecular formula is C11H9F3O4. The number of alkyl halides is 3. The number of hydrogen-bond acceptors (Lipinski definition) is 3. The van der Waals surface area contributed by atoms with Gasteiger partial charge in [-0.15, -0.1) is 13.2 Å². The number of rotatable bonds is 5. The van der Waals surface area contributed by atoms with E-state index in [9.17, 15) is 18.0 Å². The molecule has 98 valence electrons. The van der Waals surface area contributed by atoms with E-state index in [-0.39, 0.29) is 23.7 Å². The van der Waals surface area contributed by atoms with E-state index in [2.05, 4.69) is 11.3 Å². The van der Waals surface area contributed by atoms with Crippen molar-refractivity contribution >= 4 is 5.97 Å². The molecule has 1 aromatic rings. The quantitative estimate of drug-likeness (QED) is 0.829. The molecule has 0 aliphatic carbocycles. The Labute approximate surface area is 100 Å². The Balaban J connectivity index is 2.56. The van der Waals surface area contributed by atoms with Gasteiger partial charge >= 0.3 is 12.3 Å². The Morgan fingerprint density at radius 3 is 2.17 bits per heavy atom. The fourth-order valence-electron chi connectivity index (χ4n) is 0.970. The van der Waals surface area contributed by atoms with Crippen molar-refractivity contribution in [2.24, 2.45) is 0 Å². The van der Waals surface area contributed by atoms with Crippen molar-refractivity contribution in [1.82, 2.24) is 0 Å². The monoisotopic (exact) mass is 262 g/mol. The molecule has 0 radical (unpaired) electrons. The summed E-state index contributed by atoms with van der Waals surface area (Å²) in [6.45, 7) is 2.98. The number of halogens is 3. The number of carbonyl (C=O) groups is 1. The summed E-state index contributed by atoms with van der Waals surface area (Å²) >= 11 is 0. The van der Waals surface area contributed by atoms with E-state index >= 15 is 0 Å². The molecule has 0 saturated heterocycles. The van der Waals surface area contributed by atoms with Crippen LogP contribution in [0.25, 0.3) is 0 Å². The largest absolute Gasteiger partial charge is 0.573 e. The van der Waals surface area contributed by atoms with Crippen molar-refractivity contribution in [3.63, 3.8) is 0 Å². The lowest BCUT2D eigenvalue weighted by atomic mass is 10.3. The molecule has 18 heavy (non-hydrogen) atoms. The van der Waals surface area contributed by atoms with Crippen LogP contribution in [-0.2, 0) is 4.79 Å². The zero-order valence-corrected chi connectivity index (χ0v) is 9.03. The van der Waals surface area contributed by atoms with Crippen LogP contribution in [0.4, 0.5) is 13.2 Å². The van der Waals surface area contributed by atoms with Gasteiger partial charge in [0.1, 0.15) is 18.1 Å². The topological polar surface area (TPSA) is 55.8 Å². The van der Waals surface area contributed by atoms with Gasteiger partial charge in [0, 0.05) is 0 Å². The number of hydrogen-bond donors (Lipinski definition) is 1. The summed E-state index contributed by atoms with van der Waals surface area (Å²) in [6.07, 6.45) is -4.75. The highest BCUT2D eigenvalue weighted by Gasteiger charge is 2.30. The molecule has 0 aliphatic rings. The molecule has 0 aliphatic heterocycles. The van der Waals surface area contributed by atoms with Crippen LogP contribution in [-0.4, -0.2) is 24.0 Å². The van der Waals surface area contributed by atoms with Crippen molar-refractivity contribution in [2.45, 2.75) is 6.36 Å². The van der Waals surface area contributed by atoms with Crippen LogP contribution in [0.1, 0.15) is 0 Å². The number of aliphatic carboxylic acids is 1. The minimum Gasteiger partial charge on any atom is -0.489 e. The van der Waals surface area contributed by atoms with E-state index in [1.165, 1.54) is 12.1 Å². The number of benzene rings is 1. The van der Waals surface area contributed by atoms with Gasteiger partial charge in [-0.05, 0) is 24.3 Å². The predicted octanol–water partition coefficient (Wildman–Crippen LogP) is 2.60. The van der Waals surface area contributed by atoms with Crippen molar-refractivity contribution in [3.8, 4) is 11.5 Å². The van der Waals surface area contributed by atoms with Crippen molar-refractivity contribution in [2.75, 3.05) is 6.61 Å². The summed E-state index contributed by atoms with van der Waals surface area (Å²) in [5, 5.41) is 8.51. The maximum Gasteiger partial charge on any atom is 0.573 e.